The van der Waals surface area contributed by atoms with Gasteiger partial charge in [0.15, 0.2) is 0 Å². The van der Waals surface area contributed by atoms with E-state index in [-0.39, 0.29) is 5.92 Å². The minimum Gasteiger partial charge on any atom is -0.320 e. The number of fused-ring (bicyclic) bond motifs is 1. The maximum absolute atomic E-state index is 12.5. The Kier molecular flexibility index (Phi) is 4.60. The topological polar surface area (TPSA) is 98.5 Å². The van der Waals surface area contributed by atoms with Crippen LogP contribution in [0.15, 0.2) is 26.1 Å². The highest BCUT2D eigenvalue weighted by Crippen LogP contribution is 2.33. The molecule has 2 atom stereocenters. The Morgan fingerprint density at radius 2 is 2.15 bits per heavy atom. The second-order valence-corrected chi connectivity index (χ2v) is 8.54. The van der Waals surface area contributed by atoms with Crippen LogP contribution in [-0.2, 0) is 14.7 Å². The van der Waals surface area contributed by atoms with Crippen LogP contribution in [0.2, 0.25) is 0 Å². The zero-order chi connectivity index (χ0) is 14.9. The van der Waals surface area contributed by atoms with E-state index >= 15 is 0 Å². The van der Waals surface area contributed by atoms with Gasteiger partial charge in [0.1, 0.15) is 9.92 Å². The SMILES string of the molecule is CC(C)C[C@H](N)C(=O)N=S(N)(=O)c1csc2ccsc12. The van der Waals surface area contributed by atoms with Gasteiger partial charge in [0.05, 0.1) is 15.6 Å². The van der Waals surface area contributed by atoms with Gasteiger partial charge in [0, 0.05) is 10.1 Å². The van der Waals surface area contributed by atoms with E-state index in [2.05, 4.69) is 4.36 Å². The lowest BCUT2D eigenvalue weighted by Gasteiger charge is -2.10. The second kappa shape index (κ2) is 5.90. The van der Waals surface area contributed by atoms with Crippen LogP contribution in [0.3, 0.4) is 0 Å². The first-order chi connectivity index (χ1) is 9.31. The largest absolute Gasteiger partial charge is 0.320 e. The van der Waals surface area contributed by atoms with Gasteiger partial charge in [-0.05, 0) is 23.8 Å². The van der Waals surface area contributed by atoms with E-state index in [0.29, 0.717) is 11.3 Å². The third-order valence-electron chi connectivity index (χ3n) is 2.73. The van der Waals surface area contributed by atoms with Crippen molar-refractivity contribution in [3.05, 3.63) is 16.8 Å². The number of amides is 1. The van der Waals surface area contributed by atoms with Crippen molar-refractivity contribution in [2.75, 3.05) is 0 Å². The van der Waals surface area contributed by atoms with Crippen LogP contribution in [0.25, 0.3) is 9.40 Å². The van der Waals surface area contributed by atoms with Gasteiger partial charge in [-0.25, -0.2) is 9.35 Å². The minimum atomic E-state index is -3.23. The number of nitrogens with two attached hydrogens (primary N) is 2. The van der Waals surface area contributed by atoms with Crippen LogP contribution in [0.4, 0.5) is 0 Å². The summed E-state index contributed by atoms with van der Waals surface area (Å²) in [6, 6.07) is 1.17. The summed E-state index contributed by atoms with van der Waals surface area (Å²) in [5, 5.41) is 9.37. The predicted octanol–water partition coefficient (Wildman–Crippen LogP) is 2.56. The van der Waals surface area contributed by atoms with Crippen molar-refractivity contribution in [3.8, 4) is 0 Å². The molecule has 8 heteroatoms. The van der Waals surface area contributed by atoms with E-state index in [1.54, 1.807) is 5.38 Å². The van der Waals surface area contributed by atoms with Crippen molar-refractivity contribution in [2.45, 2.75) is 31.2 Å². The molecule has 0 radical (unpaired) electrons. The smallest absolute Gasteiger partial charge is 0.271 e. The van der Waals surface area contributed by atoms with Gasteiger partial charge in [-0.3, -0.25) is 4.79 Å². The van der Waals surface area contributed by atoms with Crippen molar-refractivity contribution in [3.63, 3.8) is 0 Å². The van der Waals surface area contributed by atoms with Gasteiger partial charge >= 0.3 is 0 Å². The fourth-order valence-corrected chi connectivity index (χ4v) is 5.81. The molecule has 0 aliphatic heterocycles. The molecule has 0 aliphatic rings. The minimum absolute atomic E-state index is 0.267. The molecule has 1 amide bonds. The van der Waals surface area contributed by atoms with E-state index in [0.717, 1.165) is 9.40 Å². The van der Waals surface area contributed by atoms with Gasteiger partial charge in [-0.2, -0.15) is 0 Å². The maximum Gasteiger partial charge on any atom is 0.271 e. The Hall–Kier alpha value is -0.800. The first-order valence-corrected chi connectivity index (χ1v) is 9.44. The fourth-order valence-electron chi connectivity index (χ4n) is 1.80. The molecule has 5 nitrogen and oxygen atoms in total. The molecule has 2 rings (SSSR count). The number of nitrogens with zero attached hydrogens (tertiary/aromatic N) is 1. The fraction of sp³-hybridized carbons (Fsp3) is 0.417. The number of hydrogen-bond acceptors (Lipinski definition) is 5. The Balaban J connectivity index is 2.35. The summed E-state index contributed by atoms with van der Waals surface area (Å²) >= 11 is 2.88. The third kappa shape index (κ3) is 3.26. The molecule has 1 unspecified atom stereocenters. The van der Waals surface area contributed by atoms with Crippen molar-refractivity contribution < 1.29 is 9.00 Å². The summed E-state index contributed by atoms with van der Waals surface area (Å²) in [6.45, 7) is 3.92. The highest BCUT2D eigenvalue weighted by molar-refractivity contribution is 7.92. The second-order valence-electron chi connectivity index (χ2n) is 4.95. The van der Waals surface area contributed by atoms with Crippen LogP contribution >= 0.6 is 22.7 Å². The average molecular weight is 331 g/mol. The van der Waals surface area contributed by atoms with Crippen LogP contribution in [0, 0.1) is 5.92 Å². The lowest BCUT2D eigenvalue weighted by Crippen LogP contribution is -2.32. The number of thiophene rings is 2. The maximum atomic E-state index is 12.5. The number of carbonyl (C=O) groups is 1. The van der Waals surface area contributed by atoms with E-state index in [1.165, 1.54) is 22.7 Å². The summed E-state index contributed by atoms with van der Waals surface area (Å²) < 4.78 is 18.0. The summed E-state index contributed by atoms with van der Waals surface area (Å²) in [6.07, 6.45) is 0.496. The van der Waals surface area contributed by atoms with Crippen molar-refractivity contribution in [1.82, 2.24) is 0 Å². The number of carbonyl (C=O) groups excluding carboxylic acids is 1. The van der Waals surface area contributed by atoms with E-state index in [4.69, 9.17) is 10.9 Å². The van der Waals surface area contributed by atoms with E-state index in [9.17, 15) is 9.00 Å². The quantitative estimate of drug-likeness (QED) is 0.900. The molecule has 0 aliphatic carbocycles. The van der Waals surface area contributed by atoms with Crippen LogP contribution < -0.4 is 10.9 Å². The Morgan fingerprint density at radius 3 is 2.80 bits per heavy atom. The molecule has 2 aromatic heterocycles. The van der Waals surface area contributed by atoms with Crippen molar-refractivity contribution >= 4 is 47.9 Å². The highest BCUT2D eigenvalue weighted by atomic mass is 32.2. The van der Waals surface area contributed by atoms with Gasteiger partial charge < -0.3 is 5.73 Å². The molecule has 0 saturated carbocycles. The first-order valence-electron chi connectivity index (χ1n) is 6.10. The first kappa shape index (κ1) is 15.6. The van der Waals surface area contributed by atoms with Crippen LogP contribution in [0.5, 0.6) is 0 Å². The summed E-state index contributed by atoms with van der Waals surface area (Å²) in [5.41, 5.74) is 5.75. The molecule has 20 heavy (non-hydrogen) atoms. The monoisotopic (exact) mass is 331 g/mol. The predicted molar refractivity (Wildman–Crippen MR) is 85.2 cm³/mol. The average Bonchev–Trinajstić information content (AvgIpc) is 2.87. The van der Waals surface area contributed by atoms with Crippen LogP contribution in [0.1, 0.15) is 20.3 Å². The molecule has 2 aromatic rings. The lowest BCUT2D eigenvalue weighted by atomic mass is 10.0. The van der Waals surface area contributed by atoms with Gasteiger partial charge in [0.25, 0.3) is 5.91 Å². The van der Waals surface area contributed by atoms with Gasteiger partial charge in [-0.1, -0.05) is 13.8 Å². The molecule has 110 valence electrons. The normalized spacial score (nSPS) is 16.2. The molecule has 0 fully saturated rings. The Morgan fingerprint density at radius 1 is 1.45 bits per heavy atom. The molecule has 4 N–H and O–H groups in total. The lowest BCUT2D eigenvalue weighted by molar-refractivity contribution is -0.119. The van der Waals surface area contributed by atoms with Gasteiger partial charge in [0.2, 0.25) is 0 Å². The number of rotatable bonds is 4. The number of hydrogen-bond donors (Lipinski definition) is 2. The van der Waals surface area contributed by atoms with Gasteiger partial charge in [-0.15, -0.1) is 27.0 Å². The van der Waals surface area contributed by atoms with E-state index < -0.39 is 21.9 Å². The Labute approximate surface area is 126 Å². The molecule has 0 bridgehead atoms. The molecule has 0 spiro atoms. The summed E-state index contributed by atoms with van der Waals surface area (Å²) in [7, 11) is -3.23. The zero-order valence-electron chi connectivity index (χ0n) is 11.2. The highest BCUT2D eigenvalue weighted by Gasteiger charge is 2.20. The van der Waals surface area contributed by atoms with Crippen LogP contribution in [-0.4, -0.2) is 16.2 Å². The van der Waals surface area contributed by atoms with Crippen molar-refractivity contribution in [1.29, 1.82) is 0 Å². The molecule has 0 saturated heterocycles. The molecule has 2 heterocycles. The standard InChI is InChI=1S/C12H17N3O2S3/c1-7(2)5-8(13)12(16)15-20(14,17)10-6-19-9-3-4-18-11(9)10/h3-4,6-8H,5,13H2,1-2H3,(H2,14,15,16,17)/t8-,20?/m0/s1. The van der Waals surface area contributed by atoms with Crippen molar-refractivity contribution in [2.24, 2.45) is 21.2 Å². The molecular formula is C12H17N3O2S3. The van der Waals surface area contributed by atoms with E-state index in [1.807, 2.05) is 25.3 Å². The zero-order valence-corrected chi connectivity index (χ0v) is 13.7. The summed E-state index contributed by atoms with van der Waals surface area (Å²) in [5.74, 6) is -0.328. The third-order valence-corrected chi connectivity index (χ3v) is 6.44. The Bertz CT molecular complexity index is 738. The molecular weight excluding hydrogens is 314 g/mol. The summed E-state index contributed by atoms with van der Waals surface area (Å²) in [4.78, 5) is 12.3. The molecule has 0 aromatic carbocycles.